The van der Waals surface area contributed by atoms with Crippen LogP contribution < -0.4 is 4.74 Å². The molecule has 9 heteroatoms. The highest BCUT2D eigenvalue weighted by Gasteiger charge is 2.35. The Labute approximate surface area is 174 Å². The molecule has 1 atom stereocenters. The highest BCUT2D eigenvalue weighted by atomic mass is 16.6. The molecule has 30 heavy (non-hydrogen) atoms. The number of nitrogens with zero attached hydrogens (tertiary/aromatic N) is 6. The van der Waals surface area contributed by atoms with E-state index in [-0.39, 0.29) is 18.6 Å². The maximum Gasteiger partial charge on any atom is 0.298 e. The Bertz CT molecular complexity index is 1140. The monoisotopic (exact) mass is 408 g/mol. The quantitative estimate of drug-likeness (QED) is 0.609. The number of aryl methyl sites for hydroxylation is 1. The summed E-state index contributed by atoms with van der Waals surface area (Å²) >= 11 is 0. The summed E-state index contributed by atoms with van der Waals surface area (Å²) in [6.45, 7) is 6.71. The number of carbonyl (C=O) groups excluding carboxylic acids is 1. The molecule has 0 saturated carbocycles. The van der Waals surface area contributed by atoms with Crippen LogP contribution in [0.1, 0.15) is 20.8 Å². The van der Waals surface area contributed by atoms with Gasteiger partial charge in [0.25, 0.3) is 5.91 Å². The number of amides is 1. The first-order chi connectivity index (χ1) is 14.3. The maximum absolute atomic E-state index is 12.3. The van der Waals surface area contributed by atoms with Crippen molar-refractivity contribution in [3.8, 4) is 29.0 Å². The van der Waals surface area contributed by atoms with E-state index in [2.05, 4.69) is 27.0 Å². The molecule has 4 rings (SSSR count). The Hall–Kier alpha value is -3.38. The van der Waals surface area contributed by atoms with Crippen molar-refractivity contribution in [2.45, 2.75) is 32.5 Å². The van der Waals surface area contributed by atoms with Gasteiger partial charge in [0, 0.05) is 18.8 Å². The van der Waals surface area contributed by atoms with E-state index in [9.17, 15) is 4.79 Å². The van der Waals surface area contributed by atoms with Crippen LogP contribution in [0.3, 0.4) is 0 Å². The first kappa shape index (κ1) is 19.9. The fourth-order valence-electron chi connectivity index (χ4n) is 3.59. The molecule has 1 amide bonds. The van der Waals surface area contributed by atoms with Gasteiger partial charge in [-0.3, -0.25) is 9.48 Å². The van der Waals surface area contributed by atoms with E-state index in [4.69, 9.17) is 9.47 Å². The normalized spacial score (nSPS) is 18.1. The molecular formula is C21H24N6O3. The molecule has 3 aromatic rings. The van der Waals surface area contributed by atoms with E-state index in [1.54, 1.807) is 33.4 Å². The minimum atomic E-state index is -0.492. The fraction of sp³-hybridized carbons (Fsp3) is 0.429. The molecule has 4 heterocycles. The maximum atomic E-state index is 12.3. The van der Waals surface area contributed by atoms with Crippen molar-refractivity contribution in [3.63, 3.8) is 0 Å². The van der Waals surface area contributed by atoms with Gasteiger partial charge in [0.05, 0.1) is 43.0 Å². The molecule has 0 aromatic carbocycles. The van der Waals surface area contributed by atoms with Crippen LogP contribution in [0, 0.1) is 11.8 Å². The highest BCUT2D eigenvalue weighted by molar-refractivity contribution is 5.93. The molecule has 0 N–H and O–H groups in total. The van der Waals surface area contributed by atoms with Crippen LogP contribution in [0.25, 0.3) is 16.8 Å². The number of morpholine rings is 1. The molecule has 1 fully saturated rings. The second-order valence-corrected chi connectivity index (χ2v) is 7.87. The number of ether oxygens (including phenoxy) is 2. The third-order valence-corrected chi connectivity index (χ3v) is 4.76. The minimum absolute atomic E-state index is 0.200. The lowest BCUT2D eigenvalue weighted by atomic mass is 10.1. The van der Waals surface area contributed by atoms with Gasteiger partial charge in [0.15, 0.2) is 0 Å². The second-order valence-electron chi connectivity index (χ2n) is 7.87. The van der Waals surface area contributed by atoms with E-state index in [0.29, 0.717) is 24.7 Å². The third kappa shape index (κ3) is 4.14. The highest BCUT2D eigenvalue weighted by Crippen LogP contribution is 2.25. The molecule has 0 bridgehead atoms. The summed E-state index contributed by atoms with van der Waals surface area (Å²) in [6, 6.07) is 1.84. The van der Waals surface area contributed by atoms with Gasteiger partial charge in [-0.2, -0.15) is 10.2 Å². The lowest BCUT2D eigenvalue weighted by Gasteiger charge is -2.41. The summed E-state index contributed by atoms with van der Waals surface area (Å²) in [6.07, 6.45) is 6.85. The number of hydrogen-bond acceptors (Lipinski definition) is 6. The molecule has 1 unspecified atom stereocenters. The van der Waals surface area contributed by atoms with Gasteiger partial charge >= 0.3 is 0 Å². The molecule has 9 nitrogen and oxygen atoms in total. The summed E-state index contributed by atoms with van der Waals surface area (Å²) in [4.78, 5) is 18.6. The minimum Gasteiger partial charge on any atom is -0.473 e. The zero-order chi connectivity index (χ0) is 21.3. The van der Waals surface area contributed by atoms with Crippen LogP contribution in [-0.2, 0) is 16.6 Å². The van der Waals surface area contributed by atoms with Crippen molar-refractivity contribution in [2.75, 3.05) is 19.7 Å². The van der Waals surface area contributed by atoms with E-state index >= 15 is 0 Å². The SMILES string of the molecule is CC#CC(=O)N1CC(COc2nc(-c3cnn(C)c3)cn3nccc23)OC(C)(C)C1. The summed E-state index contributed by atoms with van der Waals surface area (Å²) in [5.41, 5.74) is 1.83. The van der Waals surface area contributed by atoms with Gasteiger partial charge in [-0.1, -0.05) is 5.92 Å². The number of rotatable bonds is 4. The smallest absolute Gasteiger partial charge is 0.298 e. The van der Waals surface area contributed by atoms with E-state index < -0.39 is 5.60 Å². The zero-order valence-corrected chi connectivity index (χ0v) is 17.5. The van der Waals surface area contributed by atoms with Crippen LogP contribution in [-0.4, -0.2) is 66.6 Å². The first-order valence-corrected chi connectivity index (χ1v) is 9.70. The average molecular weight is 408 g/mol. The van der Waals surface area contributed by atoms with E-state index in [1.165, 1.54) is 0 Å². The Kier molecular flexibility index (Phi) is 5.18. The van der Waals surface area contributed by atoms with Gasteiger partial charge in [0.1, 0.15) is 18.2 Å². The third-order valence-electron chi connectivity index (χ3n) is 4.76. The predicted molar refractivity (Wildman–Crippen MR) is 110 cm³/mol. The van der Waals surface area contributed by atoms with Crippen molar-refractivity contribution in [3.05, 3.63) is 30.9 Å². The zero-order valence-electron chi connectivity index (χ0n) is 17.5. The van der Waals surface area contributed by atoms with E-state index in [1.807, 2.05) is 39.4 Å². The number of carbonyl (C=O) groups is 1. The Morgan fingerprint density at radius 3 is 2.93 bits per heavy atom. The largest absolute Gasteiger partial charge is 0.473 e. The summed E-state index contributed by atoms with van der Waals surface area (Å²) in [5, 5.41) is 8.52. The lowest BCUT2D eigenvalue weighted by molar-refractivity contribution is -0.161. The van der Waals surface area contributed by atoms with E-state index in [0.717, 1.165) is 11.1 Å². The van der Waals surface area contributed by atoms with Crippen LogP contribution in [0.5, 0.6) is 5.88 Å². The predicted octanol–water partition coefficient (Wildman–Crippen LogP) is 1.54. The van der Waals surface area contributed by atoms with Gasteiger partial charge in [0.2, 0.25) is 5.88 Å². The summed E-state index contributed by atoms with van der Waals surface area (Å²) < 4.78 is 15.6. The van der Waals surface area contributed by atoms with Gasteiger partial charge < -0.3 is 14.4 Å². The lowest BCUT2D eigenvalue weighted by Crippen LogP contribution is -2.55. The van der Waals surface area contributed by atoms with Crippen LogP contribution in [0.4, 0.5) is 0 Å². The standard InChI is InChI=1S/C21H24N6O3/c1-5-6-19(28)26-11-16(30-21(2,3)14-26)13-29-20-18-7-8-22-27(18)12-17(24-20)15-9-23-25(4)10-15/h7-10,12,16H,11,13-14H2,1-4H3. The van der Waals surface area contributed by atoms with Crippen LogP contribution in [0.2, 0.25) is 0 Å². The topological polar surface area (TPSA) is 86.8 Å². The van der Waals surface area contributed by atoms with Crippen molar-refractivity contribution >= 4 is 11.4 Å². The molecule has 0 spiro atoms. The van der Waals surface area contributed by atoms with Crippen molar-refractivity contribution in [1.82, 2.24) is 29.3 Å². The molecule has 1 aliphatic heterocycles. The molecule has 0 aliphatic carbocycles. The van der Waals surface area contributed by atoms with Crippen LogP contribution in [0.15, 0.2) is 30.9 Å². The van der Waals surface area contributed by atoms with Crippen molar-refractivity contribution in [2.24, 2.45) is 7.05 Å². The van der Waals surface area contributed by atoms with Gasteiger partial charge in [-0.25, -0.2) is 9.50 Å². The molecule has 0 radical (unpaired) electrons. The Morgan fingerprint density at radius 2 is 2.20 bits per heavy atom. The molecule has 3 aromatic heterocycles. The Morgan fingerprint density at radius 1 is 1.37 bits per heavy atom. The number of fused-ring (bicyclic) bond motifs is 1. The second kappa shape index (κ2) is 7.80. The molecule has 1 saturated heterocycles. The van der Waals surface area contributed by atoms with Gasteiger partial charge in [-0.15, -0.1) is 0 Å². The van der Waals surface area contributed by atoms with Crippen molar-refractivity contribution < 1.29 is 14.3 Å². The fourth-order valence-corrected chi connectivity index (χ4v) is 3.59. The number of aromatic nitrogens is 5. The van der Waals surface area contributed by atoms with Gasteiger partial charge in [-0.05, 0) is 32.8 Å². The summed E-state index contributed by atoms with van der Waals surface area (Å²) in [5.74, 6) is 5.52. The number of hydrogen-bond donors (Lipinski definition) is 0. The Balaban J connectivity index is 1.56. The molecular weight excluding hydrogens is 384 g/mol. The van der Waals surface area contributed by atoms with Crippen LogP contribution >= 0.6 is 0 Å². The average Bonchev–Trinajstić information content (AvgIpc) is 3.33. The first-order valence-electron chi connectivity index (χ1n) is 9.70. The summed E-state index contributed by atoms with van der Waals surface area (Å²) in [7, 11) is 1.85. The molecule has 1 aliphatic rings. The van der Waals surface area contributed by atoms with Crippen molar-refractivity contribution in [1.29, 1.82) is 0 Å². The molecule has 156 valence electrons.